The topological polar surface area (TPSA) is 53.9 Å². The van der Waals surface area contributed by atoms with E-state index in [0.29, 0.717) is 22.1 Å². The van der Waals surface area contributed by atoms with Gasteiger partial charge in [-0.05, 0) is 31.4 Å². The molecule has 1 saturated heterocycles. The van der Waals surface area contributed by atoms with Gasteiger partial charge in [0.15, 0.2) is 0 Å². The molecular formula is C16H17Cl2N5. The molecule has 0 bridgehead atoms. The van der Waals surface area contributed by atoms with Gasteiger partial charge >= 0.3 is 0 Å². The van der Waals surface area contributed by atoms with E-state index in [0.717, 1.165) is 49.8 Å². The van der Waals surface area contributed by atoms with Crippen molar-refractivity contribution in [1.82, 2.24) is 15.0 Å². The molecule has 7 heteroatoms. The molecule has 1 unspecified atom stereocenters. The van der Waals surface area contributed by atoms with Crippen molar-refractivity contribution < 1.29 is 0 Å². The Morgan fingerprint density at radius 1 is 1.17 bits per heavy atom. The monoisotopic (exact) mass is 349 g/mol. The summed E-state index contributed by atoms with van der Waals surface area (Å²) in [5.74, 6) is 3.01. The van der Waals surface area contributed by atoms with Crippen LogP contribution in [-0.2, 0) is 0 Å². The highest BCUT2D eigenvalue weighted by molar-refractivity contribution is 6.32. The molecule has 2 aromatic rings. The number of halogens is 2. The van der Waals surface area contributed by atoms with E-state index in [2.05, 4.69) is 25.2 Å². The minimum Gasteiger partial charge on any atom is -0.365 e. The summed E-state index contributed by atoms with van der Waals surface area (Å²) in [5.41, 5.74) is 0. The van der Waals surface area contributed by atoms with E-state index >= 15 is 0 Å². The van der Waals surface area contributed by atoms with Crippen molar-refractivity contribution in [3.8, 4) is 0 Å². The van der Waals surface area contributed by atoms with Gasteiger partial charge in [0.1, 0.15) is 22.6 Å². The van der Waals surface area contributed by atoms with Crippen molar-refractivity contribution in [3.05, 3.63) is 40.4 Å². The molecule has 1 N–H and O–H groups in total. The lowest BCUT2D eigenvalue weighted by atomic mass is 10.2. The first-order valence-corrected chi connectivity index (χ1v) is 8.61. The highest BCUT2D eigenvalue weighted by Crippen LogP contribution is 2.39. The average molecular weight is 350 g/mol. The Morgan fingerprint density at radius 3 is 2.83 bits per heavy atom. The smallest absolute Gasteiger partial charge is 0.147 e. The second kappa shape index (κ2) is 6.13. The molecule has 4 rings (SSSR count). The third kappa shape index (κ3) is 3.35. The maximum absolute atomic E-state index is 6.23. The van der Waals surface area contributed by atoms with E-state index in [1.54, 1.807) is 12.3 Å². The van der Waals surface area contributed by atoms with Crippen molar-refractivity contribution >= 4 is 34.8 Å². The summed E-state index contributed by atoms with van der Waals surface area (Å²) in [5, 5.41) is 4.67. The molecule has 3 heterocycles. The van der Waals surface area contributed by atoms with Crippen LogP contribution in [0.4, 0.5) is 11.6 Å². The number of hydrogen-bond acceptors (Lipinski definition) is 5. The fourth-order valence-electron chi connectivity index (χ4n) is 2.92. The highest BCUT2D eigenvalue weighted by Gasteiger charge is 2.28. The summed E-state index contributed by atoms with van der Waals surface area (Å²) in [4.78, 5) is 15.5. The van der Waals surface area contributed by atoms with Crippen molar-refractivity contribution in [3.63, 3.8) is 0 Å². The predicted molar refractivity (Wildman–Crippen MR) is 92.5 cm³/mol. The number of hydrogen-bond donors (Lipinski definition) is 1. The summed E-state index contributed by atoms with van der Waals surface area (Å²) in [7, 11) is 0. The Hall–Kier alpha value is -1.59. The zero-order valence-corrected chi connectivity index (χ0v) is 14.1. The van der Waals surface area contributed by atoms with Gasteiger partial charge in [-0.25, -0.2) is 15.0 Å². The van der Waals surface area contributed by atoms with Gasteiger partial charge in [-0.3, -0.25) is 0 Å². The van der Waals surface area contributed by atoms with Crippen LogP contribution in [0.25, 0.3) is 0 Å². The van der Waals surface area contributed by atoms with Crippen LogP contribution in [-0.4, -0.2) is 34.1 Å². The first-order valence-electron chi connectivity index (χ1n) is 7.85. The van der Waals surface area contributed by atoms with Crippen LogP contribution >= 0.6 is 23.2 Å². The van der Waals surface area contributed by atoms with E-state index in [-0.39, 0.29) is 0 Å². The zero-order valence-electron chi connectivity index (χ0n) is 12.5. The van der Waals surface area contributed by atoms with Crippen molar-refractivity contribution in [2.24, 2.45) is 0 Å². The summed E-state index contributed by atoms with van der Waals surface area (Å²) >= 11 is 12.4. The largest absolute Gasteiger partial charge is 0.365 e. The van der Waals surface area contributed by atoms with Crippen LogP contribution in [0.1, 0.15) is 31.0 Å². The third-order valence-corrected chi connectivity index (χ3v) is 4.72. The lowest BCUT2D eigenvalue weighted by Crippen LogP contribution is -2.27. The van der Waals surface area contributed by atoms with Gasteiger partial charge in [-0.1, -0.05) is 23.2 Å². The highest BCUT2D eigenvalue weighted by atomic mass is 35.5. The minimum absolute atomic E-state index is 0.297. The summed E-state index contributed by atoms with van der Waals surface area (Å²) in [6, 6.07) is 5.81. The van der Waals surface area contributed by atoms with Crippen molar-refractivity contribution in [2.75, 3.05) is 23.3 Å². The lowest BCUT2D eigenvalue weighted by molar-refractivity contribution is 0.793. The maximum atomic E-state index is 6.23. The molecular weight excluding hydrogens is 333 g/mol. The Balaban J connectivity index is 1.45. The Bertz CT molecular complexity index is 719. The van der Waals surface area contributed by atoms with Gasteiger partial charge in [0, 0.05) is 37.3 Å². The average Bonchev–Trinajstić information content (AvgIpc) is 3.28. The normalized spacial score (nSPS) is 20.8. The predicted octanol–water partition coefficient (Wildman–Crippen LogP) is 3.75. The molecule has 5 nitrogen and oxygen atoms in total. The van der Waals surface area contributed by atoms with Crippen LogP contribution in [0.5, 0.6) is 0 Å². The van der Waals surface area contributed by atoms with Gasteiger partial charge in [0.25, 0.3) is 0 Å². The molecule has 1 aliphatic carbocycles. The van der Waals surface area contributed by atoms with Crippen LogP contribution in [0.3, 0.4) is 0 Å². The first kappa shape index (κ1) is 15.0. The number of aromatic nitrogens is 3. The molecule has 1 atom stereocenters. The van der Waals surface area contributed by atoms with Gasteiger partial charge in [0.05, 0.1) is 5.02 Å². The Morgan fingerprint density at radius 2 is 2.04 bits per heavy atom. The van der Waals surface area contributed by atoms with Crippen molar-refractivity contribution in [2.45, 2.75) is 31.2 Å². The molecule has 0 radical (unpaired) electrons. The van der Waals surface area contributed by atoms with E-state index in [9.17, 15) is 0 Å². The van der Waals surface area contributed by atoms with Crippen LogP contribution in [0, 0.1) is 0 Å². The molecule has 1 saturated carbocycles. The molecule has 1 aliphatic heterocycles. The fourth-order valence-corrected chi connectivity index (χ4v) is 3.35. The number of rotatable bonds is 4. The summed E-state index contributed by atoms with van der Waals surface area (Å²) in [6.07, 6.45) is 5.10. The number of nitrogens with zero attached hydrogens (tertiary/aromatic N) is 4. The first-order chi connectivity index (χ1) is 11.2. The Labute approximate surface area is 145 Å². The lowest BCUT2D eigenvalue weighted by Gasteiger charge is -2.19. The molecule has 2 fully saturated rings. The standard InChI is InChI=1S/C16H17Cl2N5/c17-12-2-1-6-19-16(12)23-7-5-11(9-23)20-14-8-13(18)21-15(22-14)10-3-4-10/h1-2,6,8,10-11H,3-5,7,9H2,(H,20,21,22). The second-order valence-electron chi connectivity index (χ2n) is 6.09. The maximum Gasteiger partial charge on any atom is 0.147 e. The van der Waals surface area contributed by atoms with Gasteiger partial charge in [-0.2, -0.15) is 0 Å². The van der Waals surface area contributed by atoms with Gasteiger partial charge in [0.2, 0.25) is 0 Å². The van der Waals surface area contributed by atoms with E-state index in [4.69, 9.17) is 23.2 Å². The second-order valence-corrected chi connectivity index (χ2v) is 6.89. The summed E-state index contributed by atoms with van der Waals surface area (Å²) in [6.45, 7) is 1.76. The van der Waals surface area contributed by atoms with Crippen molar-refractivity contribution in [1.29, 1.82) is 0 Å². The molecule has 0 amide bonds. The Kier molecular flexibility index (Phi) is 3.99. The summed E-state index contributed by atoms with van der Waals surface area (Å²) < 4.78 is 0. The fraction of sp³-hybridized carbons (Fsp3) is 0.438. The third-order valence-electron chi connectivity index (χ3n) is 4.23. The minimum atomic E-state index is 0.297. The van der Waals surface area contributed by atoms with E-state index < -0.39 is 0 Å². The molecule has 2 aliphatic rings. The number of anilines is 2. The van der Waals surface area contributed by atoms with E-state index in [1.807, 2.05) is 12.1 Å². The van der Waals surface area contributed by atoms with Gasteiger partial charge in [-0.15, -0.1) is 0 Å². The molecule has 23 heavy (non-hydrogen) atoms. The molecule has 120 valence electrons. The van der Waals surface area contributed by atoms with Crippen LogP contribution in [0.15, 0.2) is 24.4 Å². The number of nitrogens with one attached hydrogen (secondary N) is 1. The SMILES string of the molecule is Clc1cc(NC2CCN(c3ncccc3Cl)C2)nc(C2CC2)n1. The van der Waals surface area contributed by atoms with Crippen LogP contribution < -0.4 is 10.2 Å². The molecule has 0 spiro atoms. The van der Waals surface area contributed by atoms with E-state index in [1.165, 1.54) is 0 Å². The quantitative estimate of drug-likeness (QED) is 0.852. The zero-order chi connectivity index (χ0) is 15.8. The van der Waals surface area contributed by atoms with Crippen LogP contribution in [0.2, 0.25) is 10.2 Å². The number of pyridine rings is 1. The molecule has 2 aromatic heterocycles. The molecule has 0 aromatic carbocycles. The van der Waals surface area contributed by atoms with Gasteiger partial charge < -0.3 is 10.2 Å².